The van der Waals surface area contributed by atoms with Crippen molar-refractivity contribution in [3.63, 3.8) is 0 Å². The largest absolute Gasteiger partial charge is 0.378 e. The molecule has 0 atom stereocenters. The summed E-state index contributed by atoms with van der Waals surface area (Å²) in [6.07, 6.45) is 0. The highest BCUT2D eigenvalue weighted by molar-refractivity contribution is 7.99. The van der Waals surface area contributed by atoms with Gasteiger partial charge in [-0.25, -0.2) is 0 Å². The SMILES string of the molecule is Cc1cc(C)c2cc(C)c3nnc(SCC(=O)N4CCOCC4)n3c2c1. The van der Waals surface area contributed by atoms with Gasteiger partial charge in [0.1, 0.15) is 0 Å². The number of hydrogen-bond donors (Lipinski definition) is 0. The monoisotopic (exact) mass is 370 g/mol. The maximum Gasteiger partial charge on any atom is 0.233 e. The first-order valence-electron chi connectivity index (χ1n) is 8.78. The maximum atomic E-state index is 12.5. The summed E-state index contributed by atoms with van der Waals surface area (Å²) < 4.78 is 7.40. The van der Waals surface area contributed by atoms with Crippen molar-refractivity contribution >= 4 is 34.2 Å². The van der Waals surface area contributed by atoms with E-state index in [4.69, 9.17) is 4.74 Å². The van der Waals surface area contributed by atoms with E-state index in [2.05, 4.69) is 53.6 Å². The van der Waals surface area contributed by atoms with Gasteiger partial charge in [-0.2, -0.15) is 0 Å². The fourth-order valence-corrected chi connectivity index (χ4v) is 4.32. The van der Waals surface area contributed by atoms with E-state index in [-0.39, 0.29) is 5.91 Å². The molecule has 0 aliphatic carbocycles. The van der Waals surface area contributed by atoms with Gasteiger partial charge in [-0.1, -0.05) is 17.8 Å². The number of pyridine rings is 1. The van der Waals surface area contributed by atoms with Crippen LogP contribution in [-0.2, 0) is 9.53 Å². The number of hydrogen-bond acceptors (Lipinski definition) is 5. The normalized spacial score (nSPS) is 15.1. The smallest absolute Gasteiger partial charge is 0.233 e. The van der Waals surface area contributed by atoms with E-state index in [0.29, 0.717) is 32.1 Å². The van der Waals surface area contributed by atoms with E-state index in [1.165, 1.54) is 28.3 Å². The molecule has 136 valence electrons. The van der Waals surface area contributed by atoms with Crippen LogP contribution in [-0.4, -0.2) is 57.5 Å². The van der Waals surface area contributed by atoms with Gasteiger partial charge in [0, 0.05) is 18.5 Å². The van der Waals surface area contributed by atoms with Crippen LogP contribution >= 0.6 is 11.8 Å². The number of aromatic nitrogens is 3. The molecule has 3 aromatic rings. The molecule has 4 rings (SSSR count). The molecular weight excluding hydrogens is 348 g/mol. The molecule has 0 spiro atoms. The number of carbonyl (C=O) groups is 1. The average molecular weight is 370 g/mol. The highest BCUT2D eigenvalue weighted by Gasteiger charge is 2.19. The van der Waals surface area contributed by atoms with E-state index in [1.807, 2.05) is 4.90 Å². The Morgan fingerprint density at radius 1 is 1.12 bits per heavy atom. The van der Waals surface area contributed by atoms with Crippen molar-refractivity contribution in [2.24, 2.45) is 0 Å². The molecule has 7 heteroatoms. The van der Waals surface area contributed by atoms with Crippen molar-refractivity contribution in [3.05, 3.63) is 34.9 Å². The first kappa shape index (κ1) is 17.3. The number of thioether (sulfide) groups is 1. The van der Waals surface area contributed by atoms with Crippen molar-refractivity contribution in [1.29, 1.82) is 0 Å². The number of fused-ring (bicyclic) bond motifs is 3. The van der Waals surface area contributed by atoms with Crippen LogP contribution in [0.15, 0.2) is 23.4 Å². The van der Waals surface area contributed by atoms with Crippen molar-refractivity contribution in [2.75, 3.05) is 32.1 Å². The molecule has 2 aromatic heterocycles. The third kappa shape index (κ3) is 3.05. The summed E-state index contributed by atoms with van der Waals surface area (Å²) >= 11 is 1.45. The van der Waals surface area contributed by atoms with Crippen molar-refractivity contribution in [1.82, 2.24) is 19.5 Å². The number of rotatable bonds is 3. The molecule has 0 bridgehead atoms. The van der Waals surface area contributed by atoms with Crippen molar-refractivity contribution in [2.45, 2.75) is 25.9 Å². The summed E-state index contributed by atoms with van der Waals surface area (Å²) in [7, 11) is 0. The lowest BCUT2D eigenvalue weighted by Gasteiger charge is -2.26. The number of ether oxygens (including phenoxy) is 1. The van der Waals surface area contributed by atoms with Crippen LogP contribution in [0, 0.1) is 20.8 Å². The summed E-state index contributed by atoms with van der Waals surface area (Å²) in [5, 5.41) is 10.7. The Labute approximate surface area is 156 Å². The quantitative estimate of drug-likeness (QED) is 0.664. The van der Waals surface area contributed by atoms with Gasteiger partial charge < -0.3 is 9.64 Å². The van der Waals surface area contributed by atoms with Crippen LogP contribution in [0.5, 0.6) is 0 Å². The fraction of sp³-hybridized carbons (Fsp3) is 0.421. The van der Waals surface area contributed by atoms with E-state index in [0.717, 1.165) is 21.9 Å². The molecule has 1 aliphatic rings. The molecule has 1 saturated heterocycles. The topological polar surface area (TPSA) is 59.7 Å². The first-order valence-corrected chi connectivity index (χ1v) is 9.77. The second kappa shape index (κ2) is 6.89. The summed E-state index contributed by atoms with van der Waals surface area (Å²) in [4.78, 5) is 14.3. The first-order chi connectivity index (χ1) is 12.5. The van der Waals surface area contributed by atoms with Gasteiger partial charge in [-0.3, -0.25) is 9.20 Å². The molecule has 1 amide bonds. The highest BCUT2D eigenvalue weighted by atomic mass is 32.2. The van der Waals surface area contributed by atoms with Crippen LogP contribution < -0.4 is 0 Å². The van der Waals surface area contributed by atoms with Crippen molar-refractivity contribution < 1.29 is 9.53 Å². The van der Waals surface area contributed by atoms with Crippen LogP contribution in [0.4, 0.5) is 0 Å². The third-order valence-electron chi connectivity index (χ3n) is 4.79. The maximum absolute atomic E-state index is 12.5. The average Bonchev–Trinajstić information content (AvgIpc) is 3.06. The predicted octanol–water partition coefficient (Wildman–Crippen LogP) is 2.76. The Hall–Kier alpha value is -2.12. The van der Waals surface area contributed by atoms with Crippen LogP contribution in [0.1, 0.15) is 16.7 Å². The molecule has 0 unspecified atom stereocenters. The molecule has 1 aliphatic heterocycles. The van der Waals surface area contributed by atoms with Crippen molar-refractivity contribution in [3.8, 4) is 0 Å². The van der Waals surface area contributed by atoms with E-state index in [1.54, 1.807) is 0 Å². The molecule has 0 saturated carbocycles. The summed E-state index contributed by atoms with van der Waals surface area (Å²) in [5.74, 6) is 0.487. The lowest BCUT2D eigenvalue weighted by molar-refractivity contribution is -0.132. The molecule has 3 heterocycles. The van der Waals surface area contributed by atoms with Gasteiger partial charge >= 0.3 is 0 Å². The molecule has 1 aromatic carbocycles. The summed E-state index contributed by atoms with van der Waals surface area (Å²) in [5.41, 5.74) is 5.47. The van der Waals surface area contributed by atoms with E-state index >= 15 is 0 Å². The third-order valence-corrected chi connectivity index (χ3v) is 5.70. The lowest BCUT2D eigenvalue weighted by Crippen LogP contribution is -2.41. The molecule has 1 fully saturated rings. The minimum absolute atomic E-state index is 0.124. The zero-order chi connectivity index (χ0) is 18.3. The Balaban J connectivity index is 1.70. The number of amides is 1. The minimum Gasteiger partial charge on any atom is -0.378 e. The number of benzene rings is 1. The number of nitrogens with zero attached hydrogens (tertiary/aromatic N) is 4. The summed E-state index contributed by atoms with van der Waals surface area (Å²) in [6.45, 7) is 8.84. The minimum atomic E-state index is 0.124. The second-order valence-electron chi connectivity index (χ2n) is 6.77. The van der Waals surface area contributed by atoms with E-state index in [9.17, 15) is 4.79 Å². The Morgan fingerprint density at radius 3 is 2.65 bits per heavy atom. The fourth-order valence-electron chi connectivity index (χ4n) is 3.48. The number of carbonyl (C=O) groups excluding carboxylic acids is 1. The number of morpholine rings is 1. The van der Waals surface area contributed by atoms with Gasteiger partial charge in [0.15, 0.2) is 10.8 Å². The lowest BCUT2D eigenvalue weighted by atomic mass is 10.0. The van der Waals surface area contributed by atoms with Gasteiger partial charge in [0.2, 0.25) is 5.91 Å². The van der Waals surface area contributed by atoms with Gasteiger partial charge in [-0.05, 0) is 49.6 Å². The molecule has 0 N–H and O–H groups in total. The molecule has 6 nitrogen and oxygen atoms in total. The van der Waals surface area contributed by atoms with Crippen LogP contribution in [0.2, 0.25) is 0 Å². The standard InChI is InChI=1S/C19H22N4O2S/c1-12-8-13(2)15-10-14(3)18-20-21-19(23(18)16(15)9-12)26-11-17(24)22-4-6-25-7-5-22/h8-10H,4-7,11H2,1-3H3. The predicted molar refractivity (Wildman–Crippen MR) is 103 cm³/mol. The zero-order valence-electron chi connectivity index (χ0n) is 15.3. The zero-order valence-corrected chi connectivity index (χ0v) is 16.1. The van der Waals surface area contributed by atoms with E-state index < -0.39 is 0 Å². The van der Waals surface area contributed by atoms with Crippen LogP contribution in [0.25, 0.3) is 16.6 Å². The Kier molecular flexibility index (Phi) is 4.58. The highest BCUT2D eigenvalue weighted by Crippen LogP contribution is 2.28. The van der Waals surface area contributed by atoms with Gasteiger partial charge in [0.25, 0.3) is 0 Å². The number of aryl methyl sites for hydroxylation is 3. The van der Waals surface area contributed by atoms with Crippen LogP contribution in [0.3, 0.4) is 0 Å². The Bertz CT molecular complexity index is 992. The molecular formula is C19H22N4O2S. The summed E-state index contributed by atoms with van der Waals surface area (Å²) in [6, 6.07) is 6.51. The van der Waals surface area contributed by atoms with Gasteiger partial charge in [-0.15, -0.1) is 10.2 Å². The van der Waals surface area contributed by atoms with Gasteiger partial charge in [0.05, 0.1) is 24.5 Å². The molecule has 0 radical (unpaired) electrons. The Morgan fingerprint density at radius 2 is 1.88 bits per heavy atom. The second-order valence-corrected chi connectivity index (χ2v) is 7.71. The molecule has 26 heavy (non-hydrogen) atoms.